The average molecular weight is 266 g/mol. The molecule has 4 nitrogen and oxygen atoms in total. The Hall–Kier alpha value is -1.49. The maximum absolute atomic E-state index is 11.8. The van der Waals surface area contributed by atoms with Crippen molar-refractivity contribution in [1.29, 1.82) is 0 Å². The normalized spacial score (nSPS) is 13.4. The zero-order chi connectivity index (χ0) is 13.5. The molecule has 1 rings (SSSR count). The maximum atomic E-state index is 11.8. The Labute approximate surface area is 111 Å². The lowest BCUT2D eigenvalue weighted by Gasteiger charge is -2.19. The Bertz CT molecular complexity index is 418. The predicted molar refractivity (Wildman–Crippen MR) is 73.9 cm³/mol. The predicted octanol–water partition coefficient (Wildman–Crippen LogP) is 2.58. The van der Waals surface area contributed by atoms with Gasteiger partial charge in [-0.05, 0) is 18.1 Å². The first-order chi connectivity index (χ1) is 8.60. The fraction of sp³-hybridized carbons (Fsp3) is 0.385. The molecular weight excluding hydrogens is 248 g/mol. The van der Waals surface area contributed by atoms with Gasteiger partial charge in [0, 0.05) is 11.9 Å². The van der Waals surface area contributed by atoms with Crippen molar-refractivity contribution in [2.24, 2.45) is 17.0 Å². The van der Waals surface area contributed by atoms with E-state index in [0.717, 1.165) is 4.90 Å². The van der Waals surface area contributed by atoms with Gasteiger partial charge in [0.15, 0.2) is 0 Å². The molecular formula is C13H18N2O2S. The van der Waals surface area contributed by atoms with Crippen LogP contribution in [0.5, 0.6) is 0 Å². The number of amides is 1. The molecule has 0 aliphatic carbocycles. The largest absolute Gasteiger partial charge is 0.410 e. The lowest BCUT2D eigenvalue weighted by atomic mass is 9.96. The monoisotopic (exact) mass is 266 g/mol. The van der Waals surface area contributed by atoms with Crippen LogP contribution >= 0.6 is 11.8 Å². The summed E-state index contributed by atoms with van der Waals surface area (Å²) in [7, 11) is 1.58. The summed E-state index contributed by atoms with van der Waals surface area (Å²) >= 11 is 1.31. The van der Waals surface area contributed by atoms with E-state index in [-0.39, 0.29) is 11.8 Å². The molecule has 0 heterocycles. The minimum Gasteiger partial charge on any atom is -0.410 e. The van der Waals surface area contributed by atoms with Crippen molar-refractivity contribution in [3.05, 3.63) is 30.3 Å². The maximum Gasteiger partial charge on any atom is 0.229 e. The third-order valence-electron chi connectivity index (χ3n) is 2.53. The number of nitrogens with one attached hydrogen (secondary N) is 1. The second-order valence-electron chi connectivity index (χ2n) is 4.19. The lowest BCUT2D eigenvalue weighted by Crippen LogP contribution is -2.35. The molecule has 1 amide bonds. The van der Waals surface area contributed by atoms with E-state index in [1.165, 1.54) is 11.8 Å². The van der Waals surface area contributed by atoms with Crippen LogP contribution in [-0.4, -0.2) is 23.2 Å². The van der Waals surface area contributed by atoms with Crippen molar-refractivity contribution in [2.45, 2.75) is 18.7 Å². The van der Waals surface area contributed by atoms with Crippen LogP contribution in [0.3, 0.4) is 0 Å². The molecule has 0 fully saturated rings. The highest BCUT2D eigenvalue weighted by Gasteiger charge is 2.28. The highest BCUT2D eigenvalue weighted by atomic mass is 32.2. The van der Waals surface area contributed by atoms with Crippen LogP contribution in [0.1, 0.15) is 13.8 Å². The quantitative estimate of drug-likeness (QED) is 0.289. The Morgan fingerprint density at radius 3 is 2.39 bits per heavy atom. The van der Waals surface area contributed by atoms with Crippen LogP contribution in [0.15, 0.2) is 40.4 Å². The van der Waals surface area contributed by atoms with Gasteiger partial charge < -0.3 is 10.5 Å². The second kappa shape index (κ2) is 7.06. The van der Waals surface area contributed by atoms with Crippen LogP contribution in [-0.2, 0) is 4.79 Å². The van der Waals surface area contributed by atoms with Gasteiger partial charge in [0.25, 0.3) is 0 Å². The molecule has 5 heteroatoms. The van der Waals surface area contributed by atoms with E-state index in [2.05, 4.69) is 10.5 Å². The molecule has 98 valence electrons. The van der Waals surface area contributed by atoms with Crippen molar-refractivity contribution in [1.82, 2.24) is 5.32 Å². The van der Waals surface area contributed by atoms with Gasteiger partial charge >= 0.3 is 0 Å². The molecule has 0 bridgehead atoms. The first-order valence-corrected chi connectivity index (χ1v) is 6.58. The number of hydrogen-bond donors (Lipinski definition) is 2. The fourth-order valence-corrected chi connectivity index (χ4v) is 2.69. The molecule has 1 aromatic rings. The van der Waals surface area contributed by atoms with E-state index in [9.17, 15) is 4.79 Å². The van der Waals surface area contributed by atoms with Gasteiger partial charge in [0.05, 0.1) is 5.92 Å². The zero-order valence-electron chi connectivity index (χ0n) is 10.8. The first kappa shape index (κ1) is 14.6. The highest BCUT2D eigenvalue weighted by molar-refractivity contribution is 8.14. The third kappa shape index (κ3) is 3.77. The van der Waals surface area contributed by atoms with E-state index in [1.807, 2.05) is 44.2 Å². The number of benzene rings is 1. The van der Waals surface area contributed by atoms with Gasteiger partial charge in [0.1, 0.15) is 5.04 Å². The molecule has 2 N–H and O–H groups in total. The molecule has 1 aromatic carbocycles. The summed E-state index contributed by atoms with van der Waals surface area (Å²) in [5.41, 5.74) is 0. The zero-order valence-corrected chi connectivity index (χ0v) is 11.6. The molecule has 18 heavy (non-hydrogen) atoms. The molecule has 1 unspecified atom stereocenters. The van der Waals surface area contributed by atoms with Gasteiger partial charge in [-0.2, -0.15) is 0 Å². The third-order valence-corrected chi connectivity index (χ3v) is 3.58. The standard InChI is InChI=1S/C13H18N2O2S/c1-9(2)11(12(16)14-3)13(15-17)18-10-7-5-4-6-8-10/h4-9,11,17H,1-3H3,(H,14,16)/b15-13-. The summed E-state index contributed by atoms with van der Waals surface area (Å²) in [4.78, 5) is 12.8. The summed E-state index contributed by atoms with van der Waals surface area (Å²) in [6.45, 7) is 3.85. The minimum absolute atomic E-state index is 0.0621. The van der Waals surface area contributed by atoms with Crippen LogP contribution in [0, 0.1) is 11.8 Å². The number of oxime groups is 1. The number of carbonyl (C=O) groups is 1. The summed E-state index contributed by atoms with van der Waals surface area (Å²) in [6.07, 6.45) is 0. The number of nitrogens with zero attached hydrogens (tertiary/aromatic N) is 1. The molecule has 0 radical (unpaired) electrons. The Kier molecular flexibility index (Phi) is 5.71. The van der Waals surface area contributed by atoms with Crippen LogP contribution < -0.4 is 5.32 Å². The Morgan fingerprint density at radius 2 is 1.94 bits per heavy atom. The van der Waals surface area contributed by atoms with Gasteiger partial charge in [-0.1, -0.05) is 49.0 Å². The van der Waals surface area contributed by atoms with Crippen molar-refractivity contribution >= 4 is 22.7 Å². The summed E-state index contributed by atoms with van der Waals surface area (Å²) < 4.78 is 0. The fourth-order valence-electron chi connectivity index (χ4n) is 1.61. The summed E-state index contributed by atoms with van der Waals surface area (Å²) in [5.74, 6) is -0.515. The van der Waals surface area contributed by atoms with Crippen LogP contribution in [0.25, 0.3) is 0 Å². The minimum atomic E-state index is -0.440. The van der Waals surface area contributed by atoms with E-state index in [0.29, 0.717) is 5.04 Å². The number of rotatable bonds is 4. The summed E-state index contributed by atoms with van der Waals surface area (Å²) in [6, 6.07) is 9.55. The van der Waals surface area contributed by atoms with Crippen LogP contribution in [0.4, 0.5) is 0 Å². The first-order valence-electron chi connectivity index (χ1n) is 5.76. The molecule has 0 aliphatic rings. The average Bonchev–Trinajstić information content (AvgIpc) is 2.38. The Morgan fingerprint density at radius 1 is 1.33 bits per heavy atom. The van der Waals surface area contributed by atoms with Gasteiger partial charge in [-0.15, -0.1) is 0 Å². The molecule has 0 spiro atoms. The van der Waals surface area contributed by atoms with Crippen LogP contribution in [0.2, 0.25) is 0 Å². The van der Waals surface area contributed by atoms with Gasteiger partial charge in [-0.25, -0.2) is 0 Å². The molecule has 0 saturated heterocycles. The number of hydrogen-bond acceptors (Lipinski definition) is 4. The topological polar surface area (TPSA) is 61.7 Å². The molecule has 0 saturated carbocycles. The van der Waals surface area contributed by atoms with E-state index < -0.39 is 5.92 Å². The number of thioether (sulfide) groups is 1. The van der Waals surface area contributed by atoms with E-state index in [4.69, 9.17) is 5.21 Å². The Balaban J connectivity index is 2.91. The van der Waals surface area contributed by atoms with Crippen molar-refractivity contribution in [2.75, 3.05) is 7.05 Å². The highest BCUT2D eigenvalue weighted by Crippen LogP contribution is 2.27. The molecule has 0 aliphatic heterocycles. The van der Waals surface area contributed by atoms with Gasteiger partial charge in [0.2, 0.25) is 5.91 Å². The SMILES string of the molecule is CNC(=O)C(/C(=N/O)Sc1ccccc1)C(C)C. The smallest absolute Gasteiger partial charge is 0.229 e. The van der Waals surface area contributed by atoms with Crippen molar-refractivity contribution in [3.8, 4) is 0 Å². The number of carbonyl (C=O) groups excluding carboxylic acids is 1. The second-order valence-corrected chi connectivity index (χ2v) is 5.28. The molecule has 0 aromatic heterocycles. The summed E-state index contributed by atoms with van der Waals surface area (Å²) in [5, 5.41) is 15.4. The lowest BCUT2D eigenvalue weighted by molar-refractivity contribution is -0.123. The molecule has 1 atom stereocenters. The van der Waals surface area contributed by atoms with Gasteiger partial charge in [-0.3, -0.25) is 4.79 Å². The van der Waals surface area contributed by atoms with E-state index in [1.54, 1.807) is 7.05 Å². The van der Waals surface area contributed by atoms with Crippen molar-refractivity contribution in [3.63, 3.8) is 0 Å². The van der Waals surface area contributed by atoms with Crippen molar-refractivity contribution < 1.29 is 10.0 Å². The van der Waals surface area contributed by atoms with E-state index >= 15 is 0 Å².